The number of ether oxygens (including phenoxy) is 1. The van der Waals surface area contributed by atoms with E-state index in [-0.39, 0.29) is 5.92 Å². The first-order valence-electron chi connectivity index (χ1n) is 14.1. The predicted molar refractivity (Wildman–Crippen MR) is 146 cm³/mol. The molecular weight excluding hydrogens is 518 g/mol. The molecule has 10 heteroatoms. The van der Waals surface area contributed by atoms with Crippen molar-refractivity contribution in [3.63, 3.8) is 0 Å². The van der Waals surface area contributed by atoms with Crippen LogP contribution in [0.4, 0.5) is 0 Å². The van der Waals surface area contributed by atoms with E-state index >= 15 is 0 Å². The number of carboxylic acids is 2. The third-order valence-electron chi connectivity index (χ3n) is 8.38. The Morgan fingerprint density at radius 1 is 0.975 bits per heavy atom. The molecule has 1 heterocycles. The lowest BCUT2D eigenvalue weighted by Crippen LogP contribution is -2.45. The molecule has 40 heavy (non-hydrogen) atoms. The van der Waals surface area contributed by atoms with Crippen molar-refractivity contribution in [1.29, 1.82) is 0 Å². The van der Waals surface area contributed by atoms with Gasteiger partial charge in [-0.25, -0.2) is 14.4 Å². The lowest BCUT2D eigenvalue weighted by atomic mass is 9.73. The average Bonchev–Trinajstić information content (AvgIpc) is 3.40. The number of likely N-dealkylation sites (tertiary alicyclic amines) is 1. The first-order valence-corrected chi connectivity index (χ1v) is 14.1. The minimum absolute atomic E-state index is 0.0505. The van der Waals surface area contributed by atoms with Gasteiger partial charge in [0.25, 0.3) is 0 Å². The highest BCUT2D eigenvalue weighted by Gasteiger charge is 2.56. The number of carbonyl (C=O) groups is 3. The molecule has 10 nitrogen and oxygen atoms in total. The van der Waals surface area contributed by atoms with E-state index in [0.29, 0.717) is 29.9 Å². The summed E-state index contributed by atoms with van der Waals surface area (Å²) < 4.78 is 5.81. The van der Waals surface area contributed by atoms with Gasteiger partial charge in [-0.05, 0) is 50.5 Å². The molecule has 0 spiro atoms. The molecule has 0 amide bonds. The largest absolute Gasteiger partial charge is 0.479 e. The van der Waals surface area contributed by atoms with Gasteiger partial charge < -0.3 is 35.2 Å². The van der Waals surface area contributed by atoms with Crippen molar-refractivity contribution in [1.82, 2.24) is 4.90 Å². The van der Waals surface area contributed by atoms with Crippen LogP contribution in [0.1, 0.15) is 57.9 Å². The normalized spacial score (nSPS) is 25.3. The van der Waals surface area contributed by atoms with Crippen LogP contribution in [0.3, 0.4) is 0 Å². The Bertz CT molecular complexity index is 1000. The number of aliphatic hydroxyl groups is 3. The smallest absolute Gasteiger partial charge is 0.343 e. The van der Waals surface area contributed by atoms with Crippen molar-refractivity contribution >= 4 is 17.9 Å². The maximum atomic E-state index is 13.2. The van der Waals surface area contributed by atoms with Gasteiger partial charge in [-0.2, -0.15) is 0 Å². The van der Waals surface area contributed by atoms with E-state index in [1.807, 2.05) is 30.3 Å². The number of carboxylic acid groups (broad SMARTS) is 2. The van der Waals surface area contributed by atoms with Gasteiger partial charge in [0.15, 0.2) is 17.8 Å². The first kappa shape index (κ1) is 31.7. The van der Waals surface area contributed by atoms with Crippen LogP contribution >= 0.6 is 0 Å². The predicted octanol–water partition coefficient (Wildman–Crippen LogP) is 2.41. The second kappa shape index (κ2) is 14.2. The van der Waals surface area contributed by atoms with Gasteiger partial charge in [0, 0.05) is 31.5 Å². The van der Waals surface area contributed by atoms with E-state index in [2.05, 4.69) is 24.8 Å². The van der Waals surface area contributed by atoms with Crippen molar-refractivity contribution in [2.75, 3.05) is 26.2 Å². The molecule has 0 radical (unpaired) electrons. The number of hydrogen-bond donors (Lipinski definition) is 5. The highest BCUT2D eigenvalue weighted by atomic mass is 16.6. The number of nitrogens with zero attached hydrogens (tertiary/aromatic N) is 1. The Labute approximate surface area is 235 Å². The zero-order chi connectivity index (χ0) is 29.4. The van der Waals surface area contributed by atoms with Gasteiger partial charge in [-0.1, -0.05) is 61.2 Å². The van der Waals surface area contributed by atoms with Gasteiger partial charge in [-0.15, -0.1) is 0 Å². The highest BCUT2D eigenvalue weighted by molar-refractivity contribution is 5.83. The summed E-state index contributed by atoms with van der Waals surface area (Å²) in [5.41, 5.74) is 0.554. The molecule has 2 saturated carbocycles. The zero-order valence-electron chi connectivity index (χ0n) is 23.3. The van der Waals surface area contributed by atoms with Crippen LogP contribution < -0.4 is 0 Å². The second-order valence-electron chi connectivity index (χ2n) is 11.5. The van der Waals surface area contributed by atoms with E-state index in [1.165, 1.54) is 12.0 Å². The highest BCUT2D eigenvalue weighted by Crippen LogP contribution is 2.52. The molecule has 1 aromatic rings. The number of hydrogen-bond acceptors (Lipinski definition) is 8. The number of benzene rings is 1. The molecule has 222 valence electrons. The number of aliphatic hydroxyl groups excluding tert-OH is 2. The molecule has 3 aliphatic rings. The van der Waals surface area contributed by atoms with Crippen molar-refractivity contribution in [3.05, 3.63) is 47.5 Å². The van der Waals surface area contributed by atoms with Gasteiger partial charge in [0.2, 0.25) is 0 Å². The minimum atomic E-state index is -2.27. The second-order valence-corrected chi connectivity index (χ2v) is 11.5. The van der Waals surface area contributed by atoms with Crippen molar-refractivity contribution in [2.24, 2.45) is 23.7 Å². The van der Waals surface area contributed by atoms with Gasteiger partial charge >= 0.3 is 17.9 Å². The summed E-state index contributed by atoms with van der Waals surface area (Å²) in [7, 11) is 0. The Kier molecular flexibility index (Phi) is 11.3. The standard InChI is InChI=1S/C26H37NO3.C4H6O6/c1-19(2)10-9-15-27-16-22-23(17-27)24(22)18-30-25(28)26(29,20-11-5-3-6-12-20)21-13-7-4-8-14-21;5-1(3(7)8)2(6)4(9)10/h3,5-6,10-12,21-24,29H,4,7-9,13-18H2,1-2H3;1-2,5-6H,(H,7,8)(H,9,10)/t22-,23+,24?,26?;1-,2-/m.1/s1. The number of allylic oxidation sites excluding steroid dienone is 1. The van der Waals surface area contributed by atoms with Crippen LogP contribution in [0.25, 0.3) is 0 Å². The summed E-state index contributed by atoms with van der Waals surface area (Å²) in [4.78, 5) is 35.3. The van der Waals surface area contributed by atoms with Crippen LogP contribution in [0.5, 0.6) is 0 Å². The zero-order valence-corrected chi connectivity index (χ0v) is 23.3. The van der Waals surface area contributed by atoms with Crippen molar-refractivity contribution in [2.45, 2.75) is 70.2 Å². The van der Waals surface area contributed by atoms with Gasteiger partial charge in [-0.3, -0.25) is 0 Å². The van der Waals surface area contributed by atoms with Crippen molar-refractivity contribution in [3.8, 4) is 0 Å². The topological polar surface area (TPSA) is 165 Å². The molecule has 6 atom stereocenters. The Morgan fingerprint density at radius 3 is 2.02 bits per heavy atom. The van der Waals surface area contributed by atoms with E-state index in [1.54, 1.807) is 0 Å². The molecule has 4 rings (SSSR count). The van der Waals surface area contributed by atoms with Crippen LogP contribution in [0.2, 0.25) is 0 Å². The molecule has 0 bridgehead atoms. The molecule has 3 fully saturated rings. The molecule has 1 saturated heterocycles. The lowest BCUT2D eigenvalue weighted by Gasteiger charge is -2.36. The van der Waals surface area contributed by atoms with Gasteiger partial charge in [0.05, 0.1) is 6.61 Å². The van der Waals surface area contributed by atoms with Crippen molar-refractivity contribution < 1.29 is 44.7 Å². The Balaban J connectivity index is 0.000000378. The summed E-state index contributed by atoms with van der Waals surface area (Å²) in [6.45, 7) is 8.12. The van der Waals surface area contributed by atoms with E-state index in [4.69, 9.17) is 25.2 Å². The number of carbonyl (C=O) groups excluding carboxylic acids is 1. The number of esters is 1. The quantitative estimate of drug-likeness (QED) is 0.200. The van der Waals surface area contributed by atoms with Crippen LogP contribution in [-0.2, 0) is 24.7 Å². The molecule has 1 aromatic carbocycles. The molecular formula is C30H43NO9. The fraction of sp³-hybridized carbons (Fsp3) is 0.633. The van der Waals surface area contributed by atoms with Crippen LogP contribution in [-0.4, -0.2) is 86.8 Å². The first-order chi connectivity index (χ1) is 19.0. The minimum Gasteiger partial charge on any atom is -0.479 e. The third-order valence-corrected chi connectivity index (χ3v) is 8.38. The maximum Gasteiger partial charge on any atom is 0.343 e. The van der Waals surface area contributed by atoms with E-state index in [9.17, 15) is 19.5 Å². The monoisotopic (exact) mass is 561 g/mol. The molecule has 2 aliphatic carbocycles. The number of fused-ring (bicyclic) bond motifs is 1. The summed E-state index contributed by atoms with van der Waals surface area (Å²) in [5.74, 6) is -2.24. The SMILES string of the molecule is CC(C)=CCCN1C[C@@H]2C(COC(=O)C(O)(c3ccccc3)C3CCCCC3)[C@@H]2C1.O=C(O)[C@H](O)[C@@H](O)C(=O)O. The summed E-state index contributed by atoms with van der Waals surface area (Å²) in [6.07, 6.45) is 3.99. The fourth-order valence-electron chi connectivity index (χ4n) is 5.99. The van der Waals surface area contributed by atoms with Gasteiger partial charge in [0.1, 0.15) is 0 Å². The average molecular weight is 562 g/mol. The van der Waals surface area contributed by atoms with Crippen LogP contribution in [0, 0.1) is 23.7 Å². The van der Waals surface area contributed by atoms with Crippen LogP contribution in [0.15, 0.2) is 42.0 Å². The number of piperidine rings is 1. The molecule has 5 N–H and O–H groups in total. The van der Waals surface area contributed by atoms with E-state index < -0.39 is 35.7 Å². The van der Waals surface area contributed by atoms with E-state index in [0.717, 1.165) is 51.7 Å². The molecule has 0 aromatic heterocycles. The Hall–Kier alpha value is -2.79. The Morgan fingerprint density at radius 2 is 1.52 bits per heavy atom. The summed E-state index contributed by atoms with van der Waals surface area (Å²) >= 11 is 0. The summed E-state index contributed by atoms with van der Waals surface area (Å²) in [5, 5.41) is 44.1. The molecule has 1 aliphatic heterocycles. The fourth-order valence-corrected chi connectivity index (χ4v) is 5.99. The third kappa shape index (κ3) is 7.90. The summed E-state index contributed by atoms with van der Waals surface area (Å²) in [6, 6.07) is 9.44. The lowest BCUT2D eigenvalue weighted by molar-refractivity contribution is -0.176. The number of rotatable bonds is 11. The number of aliphatic carboxylic acids is 2. The molecule has 2 unspecified atom stereocenters. The maximum absolute atomic E-state index is 13.2.